The van der Waals surface area contributed by atoms with Gasteiger partial charge in [-0.05, 0) is 6.42 Å². The Bertz CT molecular complexity index is 391. The minimum absolute atomic E-state index is 0.146. The molecule has 1 unspecified atom stereocenters. The quantitative estimate of drug-likeness (QED) is 0.718. The molecular weight excluding hydrogens is 224 g/mol. The summed E-state index contributed by atoms with van der Waals surface area (Å²) >= 11 is 0. The van der Waals surface area contributed by atoms with Crippen LogP contribution in [0.25, 0.3) is 0 Å². The fraction of sp³-hybridized carbons (Fsp3) is 0.545. The van der Waals surface area contributed by atoms with Gasteiger partial charge in [-0.2, -0.15) is 0 Å². The molecule has 6 nitrogen and oxygen atoms in total. The molecule has 1 fully saturated rings. The van der Waals surface area contributed by atoms with Gasteiger partial charge in [0.15, 0.2) is 5.69 Å². The van der Waals surface area contributed by atoms with Crippen molar-refractivity contribution in [2.24, 2.45) is 5.92 Å². The van der Waals surface area contributed by atoms with Crippen LogP contribution in [-0.2, 0) is 9.47 Å². The lowest BCUT2D eigenvalue weighted by atomic mass is 10.1. The maximum Gasteiger partial charge on any atom is 0.358 e. The van der Waals surface area contributed by atoms with Crippen LogP contribution in [0.4, 0.5) is 0 Å². The molecule has 1 aromatic rings. The van der Waals surface area contributed by atoms with Crippen molar-refractivity contribution in [1.82, 2.24) is 9.97 Å². The first-order valence-electron chi connectivity index (χ1n) is 5.40. The number of hydrogen-bond donors (Lipinski definition) is 0. The van der Waals surface area contributed by atoms with Crippen LogP contribution >= 0.6 is 0 Å². The summed E-state index contributed by atoms with van der Waals surface area (Å²) in [7, 11) is 1.30. The third-order valence-corrected chi connectivity index (χ3v) is 2.50. The van der Waals surface area contributed by atoms with Crippen LogP contribution in [0.3, 0.4) is 0 Å². The molecule has 0 N–H and O–H groups in total. The van der Waals surface area contributed by atoms with Crippen molar-refractivity contribution >= 4 is 5.97 Å². The zero-order valence-electron chi connectivity index (χ0n) is 9.59. The Balaban J connectivity index is 1.93. The molecule has 2 rings (SSSR count). The van der Waals surface area contributed by atoms with E-state index in [4.69, 9.17) is 9.47 Å². The molecule has 1 atom stereocenters. The van der Waals surface area contributed by atoms with Crippen molar-refractivity contribution in [2.75, 3.05) is 26.9 Å². The SMILES string of the molecule is COC(=O)c1cncc(OCC2CCOC2)n1. The van der Waals surface area contributed by atoms with E-state index in [1.807, 2.05) is 0 Å². The van der Waals surface area contributed by atoms with Gasteiger partial charge in [0.1, 0.15) is 0 Å². The Hall–Kier alpha value is -1.69. The first kappa shape index (κ1) is 11.8. The molecule has 1 aliphatic rings. The number of hydrogen-bond acceptors (Lipinski definition) is 6. The largest absolute Gasteiger partial charge is 0.476 e. The lowest BCUT2D eigenvalue weighted by Crippen LogP contribution is -2.13. The Labute approximate surface area is 98.9 Å². The molecule has 0 bridgehead atoms. The normalized spacial score (nSPS) is 19.0. The van der Waals surface area contributed by atoms with E-state index >= 15 is 0 Å². The minimum Gasteiger partial charge on any atom is -0.476 e. The Morgan fingerprint density at radius 3 is 3.18 bits per heavy atom. The highest BCUT2D eigenvalue weighted by molar-refractivity contribution is 5.86. The van der Waals surface area contributed by atoms with E-state index in [9.17, 15) is 4.79 Å². The van der Waals surface area contributed by atoms with Crippen molar-refractivity contribution in [3.05, 3.63) is 18.1 Å². The third kappa shape index (κ3) is 3.13. The molecule has 92 valence electrons. The predicted octanol–water partition coefficient (Wildman–Crippen LogP) is 0.678. The standard InChI is InChI=1S/C11H14N2O4/c1-15-11(14)9-4-12-5-10(13-9)17-7-8-2-3-16-6-8/h4-5,8H,2-3,6-7H2,1H3. The number of methoxy groups -OCH3 is 1. The highest BCUT2D eigenvalue weighted by Gasteiger charge is 2.17. The molecule has 0 aromatic carbocycles. The average molecular weight is 238 g/mol. The molecule has 0 spiro atoms. The fourth-order valence-corrected chi connectivity index (χ4v) is 1.54. The van der Waals surface area contributed by atoms with Gasteiger partial charge in [-0.1, -0.05) is 0 Å². The molecule has 0 radical (unpaired) electrons. The molecule has 2 heterocycles. The van der Waals surface area contributed by atoms with Crippen LogP contribution in [0.2, 0.25) is 0 Å². The van der Waals surface area contributed by atoms with Gasteiger partial charge in [-0.15, -0.1) is 0 Å². The van der Waals surface area contributed by atoms with E-state index in [2.05, 4.69) is 14.7 Å². The second-order valence-corrected chi connectivity index (χ2v) is 3.77. The molecule has 0 amide bonds. The fourth-order valence-electron chi connectivity index (χ4n) is 1.54. The Kier molecular flexibility index (Phi) is 3.87. The van der Waals surface area contributed by atoms with Crippen LogP contribution in [0.5, 0.6) is 5.88 Å². The lowest BCUT2D eigenvalue weighted by molar-refractivity contribution is 0.0591. The molecule has 17 heavy (non-hydrogen) atoms. The van der Waals surface area contributed by atoms with Gasteiger partial charge in [-0.3, -0.25) is 4.98 Å². The van der Waals surface area contributed by atoms with Gasteiger partial charge in [-0.25, -0.2) is 9.78 Å². The molecule has 0 aliphatic carbocycles. The highest BCUT2D eigenvalue weighted by atomic mass is 16.5. The summed E-state index contributed by atoms with van der Waals surface area (Å²) in [6.45, 7) is 2.02. The zero-order valence-corrected chi connectivity index (χ0v) is 9.59. The van der Waals surface area contributed by atoms with Crippen molar-refractivity contribution < 1.29 is 19.0 Å². The van der Waals surface area contributed by atoms with Gasteiger partial charge in [0.05, 0.1) is 32.7 Å². The van der Waals surface area contributed by atoms with Crippen LogP contribution in [-0.4, -0.2) is 42.9 Å². The minimum atomic E-state index is -0.521. The lowest BCUT2D eigenvalue weighted by Gasteiger charge is -2.09. The summed E-state index contributed by atoms with van der Waals surface area (Å²) < 4.78 is 15.3. The Morgan fingerprint density at radius 2 is 2.47 bits per heavy atom. The van der Waals surface area contributed by atoms with E-state index in [1.165, 1.54) is 19.5 Å². The molecule has 1 aromatic heterocycles. The van der Waals surface area contributed by atoms with Crippen molar-refractivity contribution in [3.63, 3.8) is 0 Å². The second kappa shape index (κ2) is 5.58. The van der Waals surface area contributed by atoms with E-state index in [1.54, 1.807) is 0 Å². The smallest absolute Gasteiger partial charge is 0.358 e. The third-order valence-electron chi connectivity index (χ3n) is 2.50. The van der Waals surface area contributed by atoms with E-state index < -0.39 is 5.97 Å². The average Bonchev–Trinajstić information content (AvgIpc) is 2.89. The molecule has 1 saturated heterocycles. The van der Waals surface area contributed by atoms with Crippen molar-refractivity contribution in [1.29, 1.82) is 0 Å². The number of esters is 1. The molecular formula is C11H14N2O4. The number of rotatable bonds is 4. The Morgan fingerprint density at radius 1 is 1.59 bits per heavy atom. The number of nitrogens with zero attached hydrogens (tertiary/aromatic N) is 2. The topological polar surface area (TPSA) is 70.5 Å². The summed E-state index contributed by atoms with van der Waals surface area (Å²) in [6, 6.07) is 0. The predicted molar refractivity (Wildman–Crippen MR) is 57.8 cm³/mol. The summed E-state index contributed by atoms with van der Waals surface area (Å²) in [5.74, 6) is 0.200. The second-order valence-electron chi connectivity index (χ2n) is 3.77. The number of ether oxygens (including phenoxy) is 3. The van der Waals surface area contributed by atoms with Gasteiger partial charge in [0, 0.05) is 12.5 Å². The summed E-state index contributed by atoms with van der Waals surface area (Å²) in [4.78, 5) is 19.1. The number of aromatic nitrogens is 2. The zero-order chi connectivity index (χ0) is 12.1. The van der Waals surface area contributed by atoms with Gasteiger partial charge in [0.25, 0.3) is 0 Å². The van der Waals surface area contributed by atoms with Gasteiger partial charge in [0.2, 0.25) is 5.88 Å². The van der Waals surface area contributed by atoms with Crippen molar-refractivity contribution in [2.45, 2.75) is 6.42 Å². The van der Waals surface area contributed by atoms with Crippen molar-refractivity contribution in [3.8, 4) is 5.88 Å². The summed E-state index contributed by atoms with van der Waals surface area (Å²) in [5, 5.41) is 0. The first-order valence-corrected chi connectivity index (χ1v) is 5.40. The van der Waals surface area contributed by atoms with E-state index in [-0.39, 0.29) is 5.69 Å². The van der Waals surface area contributed by atoms with Crippen LogP contribution in [0.15, 0.2) is 12.4 Å². The van der Waals surface area contributed by atoms with Gasteiger partial charge >= 0.3 is 5.97 Å². The number of carbonyl (C=O) groups is 1. The summed E-state index contributed by atoms with van der Waals surface area (Å²) in [5.41, 5.74) is 0.146. The number of carbonyl (C=O) groups excluding carboxylic acids is 1. The van der Waals surface area contributed by atoms with E-state index in [0.717, 1.165) is 13.0 Å². The molecule has 1 aliphatic heterocycles. The first-order chi connectivity index (χ1) is 8.29. The molecule has 0 saturated carbocycles. The van der Waals surface area contributed by atoms with E-state index in [0.29, 0.717) is 25.0 Å². The molecule has 6 heteroatoms. The van der Waals surface area contributed by atoms with Gasteiger partial charge < -0.3 is 14.2 Å². The highest BCUT2D eigenvalue weighted by Crippen LogP contribution is 2.14. The van der Waals surface area contributed by atoms with Crippen LogP contribution < -0.4 is 4.74 Å². The maximum absolute atomic E-state index is 11.2. The maximum atomic E-state index is 11.2. The van der Waals surface area contributed by atoms with Crippen LogP contribution in [0, 0.1) is 5.92 Å². The summed E-state index contributed by atoms with van der Waals surface area (Å²) in [6.07, 6.45) is 3.81. The van der Waals surface area contributed by atoms with Crippen LogP contribution in [0.1, 0.15) is 16.9 Å². The monoisotopic (exact) mass is 238 g/mol.